The van der Waals surface area contributed by atoms with Crippen LogP contribution in [0.3, 0.4) is 0 Å². The van der Waals surface area contributed by atoms with Gasteiger partial charge in [-0.05, 0) is 30.5 Å². The van der Waals surface area contributed by atoms with Crippen molar-refractivity contribution in [3.63, 3.8) is 0 Å². The Labute approximate surface area is 130 Å². The van der Waals surface area contributed by atoms with Crippen LogP contribution in [0.4, 0.5) is 5.69 Å². The van der Waals surface area contributed by atoms with Crippen molar-refractivity contribution >= 4 is 29.1 Å². The standard InChI is InChI=1S/C15H22ClN3O2/c1-10(2)7-13(17)15(21)19(3)9-14(20)18-12-6-4-5-11(16)8-12/h4-6,8,10,13H,7,9,17H2,1-3H3,(H,18,20)/t13-/m0/s1. The van der Waals surface area contributed by atoms with Gasteiger partial charge in [0.15, 0.2) is 0 Å². The molecule has 1 atom stereocenters. The van der Waals surface area contributed by atoms with E-state index in [4.69, 9.17) is 17.3 Å². The van der Waals surface area contributed by atoms with E-state index in [1.165, 1.54) is 4.90 Å². The molecule has 0 fully saturated rings. The second-order valence-electron chi connectivity index (χ2n) is 5.49. The summed E-state index contributed by atoms with van der Waals surface area (Å²) in [6.07, 6.45) is 0.596. The highest BCUT2D eigenvalue weighted by Crippen LogP contribution is 2.14. The molecule has 0 spiro atoms. The number of carbonyl (C=O) groups excluding carboxylic acids is 2. The minimum Gasteiger partial charge on any atom is -0.335 e. The average Bonchev–Trinajstić information content (AvgIpc) is 2.36. The monoisotopic (exact) mass is 311 g/mol. The Morgan fingerprint density at radius 1 is 1.38 bits per heavy atom. The first-order chi connectivity index (χ1) is 9.79. The van der Waals surface area contributed by atoms with Crippen molar-refractivity contribution in [2.24, 2.45) is 11.7 Å². The first kappa shape index (κ1) is 17.5. The Balaban J connectivity index is 2.52. The molecule has 21 heavy (non-hydrogen) atoms. The number of likely N-dealkylation sites (N-methyl/N-ethyl adjacent to an activating group) is 1. The van der Waals surface area contributed by atoms with Crippen LogP contribution in [0.5, 0.6) is 0 Å². The van der Waals surface area contributed by atoms with Gasteiger partial charge in [-0.25, -0.2) is 0 Å². The summed E-state index contributed by atoms with van der Waals surface area (Å²) in [6.45, 7) is 3.95. The molecule has 5 nitrogen and oxygen atoms in total. The van der Waals surface area contributed by atoms with Gasteiger partial charge in [-0.3, -0.25) is 9.59 Å². The van der Waals surface area contributed by atoms with Crippen LogP contribution in [0.1, 0.15) is 20.3 Å². The van der Waals surface area contributed by atoms with E-state index in [1.54, 1.807) is 31.3 Å². The molecule has 1 aromatic carbocycles. The van der Waals surface area contributed by atoms with E-state index in [9.17, 15) is 9.59 Å². The van der Waals surface area contributed by atoms with Gasteiger partial charge >= 0.3 is 0 Å². The molecule has 0 heterocycles. The molecule has 0 aliphatic carbocycles. The second kappa shape index (κ2) is 8.00. The lowest BCUT2D eigenvalue weighted by atomic mass is 10.0. The lowest BCUT2D eigenvalue weighted by Gasteiger charge is -2.21. The van der Waals surface area contributed by atoms with Crippen molar-refractivity contribution in [1.82, 2.24) is 4.90 Å². The number of halogens is 1. The van der Waals surface area contributed by atoms with Crippen LogP contribution in [0.15, 0.2) is 24.3 Å². The van der Waals surface area contributed by atoms with Crippen LogP contribution < -0.4 is 11.1 Å². The van der Waals surface area contributed by atoms with Gasteiger partial charge in [0.1, 0.15) is 0 Å². The van der Waals surface area contributed by atoms with Crippen molar-refractivity contribution in [2.45, 2.75) is 26.3 Å². The number of hydrogen-bond donors (Lipinski definition) is 2. The number of amides is 2. The Hall–Kier alpha value is -1.59. The first-order valence-corrected chi connectivity index (χ1v) is 7.23. The number of rotatable bonds is 6. The van der Waals surface area contributed by atoms with Gasteiger partial charge in [-0.2, -0.15) is 0 Å². The minimum atomic E-state index is -0.575. The van der Waals surface area contributed by atoms with E-state index < -0.39 is 6.04 Å². The third kappa shape index (κ3) is 6.14. The zero-order valence-electron chi connectivity index (χ0n) is 12.6. The number of benzene rings is 1. The van der Waals surface area contributed by atoms with Crippen molar-refractivity contribution < 1.29 is 9.59 Å². The van der Waals surface area contributed by atoms with Crippen LogP contribution in [0.2, 0.25) is 5.02 Å². The highest BCUT2D eigenvalue weighted by Gasteiger charge is 2.20. The maximum Gasteiger partial charge on any atom is 0.243 e. The van der Waals surface area contributed by atoms with E-state index in [2.05, 4.69) is 5.32 Å². The SMILES string of the molecule is CC(C)C[C@H](N)C(=O)N(C)CC(=O)Nc1cccc(Cl)c1. The number of nitrogens with one attached hydrogen (secondary N) is 1. The fourth-order valence-corrected chi connectivity index (χ4v) is 2.14. The Kier molecular flexibility index (Phi) is 6.65. The summed E-state index contributed by atoms with van der Waals surface area (Å²) in [5, 5.41) is 3.23. The molecule has 0 saturated heterocycles. The Morgan fingerprint density at radius 3 is 2.62 bits per heavy atom. The maximum atomic E-state index is 12.0. The normalized spacial score (nSPS) is 12.1. The highest BCUT2D eigenvalue weighted by molar-refractivity contribution is 6.30. The summed E-state index contributed by atoms with van der Waals surface area (Å²) in [6, 6.07) is 6.26. The average molecular weight is 312 g/mol. The van der Waals surface area contributed by atoms with Gasteiger partial charge in [0, 0.05) is 17.8 Å². The highest BCUT2D eigenvalue weighted by atomic mass is 35.5. The Bertz CT molecular complexity index is 505. The van der Waals surface area contributed by atoms with E-state index in [-0.39, 0.29) is 18.4 Å². The molecule has 0 radical (unpaired) electrons. The van der Waals surface area contributed by atoms with E-state index in [0.717, 1.165) is 0 Å². The zero-order valence-corrected chi connectivity index (χ0v) is 13.4. The molecule has 0 aromatic heterocycles. The quantitative estimate of drug-likeness (QED) is 0.845. The number of hydrogen-bond acceptors (Lipinski definition) is 3. The van der Waals surface area contributed by atoms with Crippen molar-refractivity contribution in [3.05, 3.63) is 29.3 Å². The van der Waals surface area contributed by atoms with Gasteiger partial charge in [-0.15, -0.1) is 0 Å². The molecule has 0 unspecified atom stereocenters. The minimum absolute atomic E-state index is 0.0445. The topological polar surface area (TPSA) is 75.4 Å². The molecule has 116 valence electrons. The predicted octanol–water partition coefficient (Wildman–Crippen LogP) is 2.11. The molecule has 2 amide bonds. The molecule has 0 aliphatic heterocycles. The summed E-state index contributed by atoms with van der Waals surface area (Å²) < 4.78 is 0. The van der Waals surface area contributed by atoms with Crippen molar-refractivity contribution in [3.8, 4) is 0 Å². The molecule has 0 saturated carbocycles. The van der Waals surface area contributed by atoms with Crippen LogP contribution in [-0.2, 0) is 9.59 Å². The third-order valence-corrected chi connectivity index (χ3v) is 3.14. The molecular weight excluding hydrogens is 290 g/mol. The number of nitrogens with zero attached hydrogens (tertiary/aromatic N) is 1. The number of anilines is 1. The van der Waals surface area contributed by atoms with Crippen molar-refractivity contribution in [1.29, 1.82) is 0 Å². The maximum absolute atomic E-state index is 12.0. The van der Waals surface area contributed by atoms with Crippen LogP contribution >= 0.6 is 11.6 Å². The summed E-state index contributed by atoms with van der Waals surface area (Å²) in [7, 11) is 1.57. The number of carbonyl (C=O) groups is 2. The largest absolute Gasteiger partial charge is 0.335 e. The molecule has 6 heteroatoms. The van der Waals surface area contributed by atoms with Crippen LogP contribution in [-0.4, -0.2) is 36.3 Å². The first-order valence-electron chi connectivity index (χ1n) is 6.85. The predicted molar refractivity (Wildman–Crippen MR) is 85.1 cm³/mol. The number of nitrogens with two attached hydrogens (primary N) is 1. The summed E-state index contributed by atoms with van der Waals surface area (Å²) >= 11 is 5.84. The van der Waals surface area contributed by atoms with E-state index in [0.29, 0.717) is 23.0 Å². The fraction of sp³-hybridized carbons (Fsp3) is 0.467. The lowest BCUT2D eigenvalue weighted by Crippen LogP contribution is -2.45. The summed E-state index contributed by atoms with van der Waals surface area (Å²) in [5.41, 5.74) is 6.42. The van der Waals surface area contributed by atoms with Gasteiger partial charge in [0.05, 0.1) is 12.6 Å². The molecular formula is C15H22ClN3O2. The van der Waals surface area contributed by atoms with Crippen molar-refractivity contribution in [2.75, 3.05) is 18.9 Å². The van der Waals surface area contributed by atoms with Gasteiger partial charge in [0.2, 0.25) is 11.8 Å². The van der Waals surface area contributed by atoms with Crippen LogP contribution in [0.25, 0.3) is 0 Å². The van der Waals surface area contributed by atoms with E-state index in [1.807, 2.05) is 13.8 Å². The molecule has 0 aliphatic rings. The van der Waals surface area contributed by atoms with Gasteiger partial charge in [0.25, 0.3) is 0 Å². The third-order valence-electron chi connectivity index (χ3n) is 2.91. The molecule has 0 bridgehead atoms. The summed E-state index contributed by atoms with van der Waals surface area (Å²) in [4.78, 5) is 25.3. The lowest BCUT2D eigenvalue weighted by molar-refractivity contribution is -0.134. The van der Waals surface area contributed by atoms with Gasteiger partial charge in [-0.1, -0.05) is 31.5 Å². The van der Waals surface area contributed by atoms with Crippen LogP contribution in [0, 0.1) is 5.92 Å². The molecule has 3 N–H and O–H groups in total. The zero-order chi connectivity index (χ0) is 16.0. The molecule has 1 aromatic rings. The van der Waals surface area contributed by atoms with E-state index >= 15 is 0 Å². The smallest absolute Gasteiger partial charge is 0.243 e. The van der Waals surface area contributed by atoms with Gasteiger partial charge < -0.3 is 16.0 Å². The Morgan fingerprint density at radius 2 is 2.05 bits per heavy atom. The summed E-state index contributed by atoms with van der Waals surface area (Å²) in [5.74, 6) is -0.188. The molecule has 1 rings (SSSR count). The fourth-order valence-electron chi connectivity index (χ4n) is 1.95. The second-order valence-corrected chi connectivity index (χ2v) is 5.93.